The maximum absolute atomic E-state index is 12.4. The first-order valence-electron chi connectivity index (χ1n) is 4.66. The van der Waals surface area contributed by atoms with Crippen LogP contribution in [0.5, 0.6) is 0 Å². The highest BCUT2D eigenvalue weighted by atomic mass is 19.4. The van der Waals surface area contributed by atoms with Gasteiger partial charge in [0.15, 0.2) is 0 Å². The van der Waals surface area contributed by atoms with E-state index in [1.54, 1.807) is 0 Å². The summed E-state index contributed by atoms with van der Waals surface area (Å²) in [5, 5.41) is 4.18. The highest BCUT2D eigenvalue weighted by Crippen LogP contribution is 2.31. The van der Waals surface area contributed by atoms with Crippen LogP contribution in [0.1, 0.15) is 17.2 Å². The van der Waals surface area contributed by atoms with Gasteiger partial charge in [-0.1, -0.05) is 12.1 Å². The van der Waals surface area contributed by atoms with Gasteiger partial charge in [-0.25, -0.2) is 4.79 Å². The maximum atomic E-state index is 12.4. The summed E-state index contributed by atoms with van der Waals surface area (Å²) in [6, 6.07) is 2.51. The van der Waals surface area contributed by atoms with Gasteiger partial charge in [0, 0.05) is 0 Å². The van der Waals surface area contributed by atoms with Crippen LogP contribution < -0.4 is 10.6 Å². The molecule has 1 aromatic carbocycles. The Hall–Kier alpha value is -2.05. The first-order valence-corrected chi connectivity index (χ1v) is 4.66. The zero-order valence-electron chi connectivity index (χ0n) is 8.34. The van der Waals surface area contributed by atoms with E-state index in [0.29, 0.717) is 0 Å². The molecule has 4 nitrogen and oxygen atoms in total. The van der Waals surface area contributed by atoms with E-state index < -0.39 is 29.7 Å². The fourth-order valence-electron chi connectivity index (χ4n) is 1.55. The smallest absolute Gasteiger partial charge is 0.322 e. The molecule has 0 saturated carbocycles. The number of carbonyl (C=O) groups excluding carboxylic acids is 2. The Balaban J connectivity index is 2.34. The van der Waals surface area contributed by atoms with Gasteiger partial charge >= 0.3 is 12.2 Å². The zero-order valence-corrected chi connectivity index (χ0v) is 8.34. The summed E-state index contributed by atoms with van der Waals surface area (Å²) in [5.41, 5.74) is -0.757. The molecule has 1 aromatic rings. The number of carbonyl (C=O) groups is 2. The third-order valence-electron chi connectivity index (χ3n) is 2.32. The summed E-state index contributed by atoms with van der Waals surface area (Å²) >= 11 is 0. The summed E-state index contributed by atoms with van der Waals surface area (Å²) in [7, 11) is 0. The fraction of sp³-hybridized carbons (Fsp3) is 0.200. The van der Waals surface area contributed by atoms with Gasteiger partial charge in [-0.2, -0.15) is 13.2 Å². The Bertz CT molecular complexity index is 485. The summed E-state index contributed by atoms with van der Waals surface area (Å²) in [5.74, 6) is -0.658. The van der Waals surface area contributed by atoms with Gasteiger partial charge < -0.3 is 5.32 Å². The molecule has 3 amide bonds. The largest absolute Gasteiger partial charge is 0.416 e. The Morgan fingerprint density at radius 2 is 1.88 bits per heavy atom. The molecule has 1 aliphatic heterocycles. The van der Waals surface area contributed by atoms with Gasteiger partial charge in [-0.3, -0.25) is 10.1 Å². The van der Waals surface area contributed by atoms with Crippen molar-refractivity contribution in [3.63, 3.8) is 0 Å². The summed E-state index contributed by atoms with van der Waals surface area (Å²) in [6.45, 7) is 0. The molecule has 1 atom stereocenters. The van der Waals surface area contributed by atoms with Crippen LogP contribution >= 0.6 is 0 Å². The molecule has 0 unspecified atom stereocenters. The van der Waals surface area contributed by atoms with Crippen LogP contribution in [-0.2, 0) is 11.0 Å². The van der Waals surface area contributed by atoms with Crippen LogP contribution in [0.25, 0.3) is 0 Å². The molecule has 17 heavy (non-hydrogen) atoms. The van der Waals surface area contributed by atoms with Crippen molar-refractivity contribution in [1.82, 2.24) is 10.6 Å². The van der Waals surface area contributed by atoms with E-state index in [9.17, 15) is 22.8 Å². The van der Waals surface area contributed by atoms with Crippen molar-refractivity contribution < 1.29 is 22.8 Å². The van der Waals surface area contributed by atoms with Crippen LogP contribution in [0.3, 0.4) is 0 Å². The van der Waals surface area contributed by atoms with Gasteiger partial charge in [0.05, 0.1) is 5.56 Å². The average molecular weight is 244 g/mol. The summed E-state index contributed by atoms with van der Waals surface area (Å²) < 4.78 is 37.3. The van der Waals surface area contributed by atoms with Crippen molar-refractivity contribution in [2.45, 2.75) is 12.2 Å². The second-order valence-corrected chi connectivity index (χ2v) is 3.52. The fourth-order valence-corrected chi connectivity index (χ4v) is 1.55. The van der Waals surface area contributed by atoms with Crippen LogP contribution in [-0.4, -0.2) is 11.9 Å². The van der Waals surface area contributed by atoms with E-state index in [-0.39, 0.29) is 5.56 Å². The molecular weight excluding hydrogens is 237 g/mol. The number of urea groups is 1. The summed E-state index contributed by atoms with van der Waals surface area (Å²) in [6.07, 6.45) is -4.48. The molecule has 90 valence electrons. The van der Waals surface area contributed by atoms with Crippen molar-refractivity contribution in [3.05, 3.63) is 35.4 Å². The number of halogens is 3. The maximum Gasteiger partial charge on any atom is 0.416 e. The Morgan fingerprint density at radius 3 is 2.41 bits per heavy atom. The number of rotatable bonds is 1. The van der Waals surface area contributed by atoms with E-state index in [1.807, 2.05) is 5.32 Å². The molecule has 0 aromatic heterocycles. The number of nitrogens with one attached hydrogen (secondary N) is 2. The molecule has 1 fully saturated rings. The minimum absolute atomic E-state index is 0.100. The van der Waals surface area contributed by atoms with E-state index in [0.717, 1.165) is 12.1 Å². The van der Waals surface area contributed by atoms with Crippen molar-refractivity contribution in [2.24, 2.45) is 0 Å². The van der Waals surface area contributed by atoms with Gasteiger partial charge in [0.25, 0.3) is 5.91 Å². The monoisotopic (exact) mass is 244 g/mol. The Kier molecular flexibility index (Phi) is 2.53. The normalized spacial score (nSPS) is 20.1. The topological polar surface area (TPSA) is 58.2 Å². The first-order chi connectivity index (χ1) is 7.88. The molecule has 1 saturated heterocycles. The van der Waals surface area contributed by atoms with Crippen molar-refractivity contribution in [1.29, 1.82) is 0 Å². The van der Waals surface area contributed by atoms with E-state index in [4.69, 9.17) is 0 Å². The minimum atomic E-state index is -4.48. The predicted molar refractivity (Wildman–Crippen MR) is 50.9 cm³/mol. The highest BCUT2D eigenvalue weighted by Gasteiger charge is 2.34. The number of amides is 3. The number of hydrogen-bond donors (Lipinski definition) is 2. The van der Waals surface area contributed by atoms with Gasteiger partial charge in [0.2, 0.25) is 0 Å². The van der Waals surface area contributed by atoms with Crippen molar-refractivity contribution in [2.75, 3.05) is 0 Å². The van der Waals surface area contributed by atoms with Crippen LogP contribution in [0.15, 0.2) is 24.3 Å². The molecule has 0 radical (unpaired) electrons. The minimum Gasteiger partial charge on any atom is -0.322 e. The first kappa shape index (κ1) is 11.4. The zero-order chi connectivity index (χ0) is 12.6. The number of imide groups is 1. The molecule has 2 rings (SSSR count). The van der Waals surface area contributed by atoms with Crippen LogP contribution in [0.2, 0.25) is 0 Å². The lowest BCUT2D eigenvalue weighted by molar-refractivity contribution is -0.137. The van der Waals surface area contributed by atoms with Gasteiger partial charge in [-0.05, 0) is 17.7 Å². The van der Waals surface area contributed by atoms with E-state index in [2.05, 4.69) is 5.32 Å². The highest BCUT2D eigenvalue weighted by molar-refractivity contribution is 6.04. The van der Waals surface area contributed by atoms with Gasteiger partial charge in [0.1, 0.15) is 6.04 Å². The lowest BCUT2D eigenvalue weighted by Crippen LogP contribution is -2.22. The van der Waals surface area contributed by atoms with E-state index in [1.165, 1.54) is 12.1 Å². The van der Waals surface area contributed by atoms with Crippen molar-refractivity contribution >= 4 is 11.9 Å². The molecule has 0 bridgehead atoms. The third-order valence-corrected chi connectivity index (χ3v) is 2.32. The molecule has 0 aliphatic carbocycles. The Labute approximate surface area is 93.8 Å². The SMILES string of the molecule is O=C1NC(=O)[C@H](c2cccc(C(F)(F)F)c2)N1. The lowest BCUT2D eigenvalue weighted by Gasteiger charge is -2.11. The molecular formula is C10H7F3N2O2. The van der Waals surface area contributed by atoms with Gasteiger partial charge in [-0.15, -0.1) is 0 Å². The standard InChI is InChI=1S/C10H7F3N2O2/c11-10(12,13)6-3-1-2-5(4-6)7-8(16)15-9(17)14-7/h1-4,7H,(H2,14,15,16,17)/t7-/m0/s1. The summed E-state index contributed by atoms with van der Waals surface area (Å²) in [4.78, 5) is 22.1. The van der Waals surface area contributed by atoms with Crippen molar-refractivity contribution in [3.8, 4) is 0 Å². The second kappa shape index (κ2) is 3.76. The quantitative estimate of drug-likeness (QED) is 0.737. The number of alkyl halides is 3. The third kappa shape index (κ3) is 2.22. The Morgan fingerprint density at radius 1 is 1.18 bits per heavy atom. The molecule has 1 heterocycles. The molecule has 2 N–H and O–H groups in total. The molecule has 0 spiro atoms. The lowest BCUT2D eigenvalue weighted by atomic mass is 10.0. The predicted octanol–water partition coefficient (Wildman–Crippen LogP) is 1.59. The molecule has 1 aliphatic rings. The van der Waals surface area contributed by atoms with Crippen LogP contribution in [0.4, 0.5) is 18.0 Å². The average Bonchev–Trinajstić information content (AvgIpc) is 2.57. The van der Waals surface area contributed by atoms with Crippen LogP contribution in [0, 0.1) is 0 Å². The van der Waals surface area contributed by atoms with E-state index >= 15 is 0 Å². The second-order valence-electron chi connectivity index (χ2n) is 3.52. The molecule has 7 heteroatoms. The number of benzene rings is 1. The number of hydrogen-bond acceptors (Lipinski definition) is 2.